The van der Waals surface area contributed by atoms with Crippen molar-refractivity contribution in [3.05, 3.63) is 34.6 Å². The van der Waals surface area contributed by atoms with Gasteiger partial charge in [-0.3, -0.25) is 14.5 Å². The smallest absolute Gasteiger partial charge is 0.226 e. The second-order valence-electron chi connectivity index (χ2n) is 11.2. The van der Waals surface area contributed by atoms with Crippen molar-refractivity contribution in [1.29, 1.82) is 0 Å². The van der Waals surface area contributed by atoms with E-state index >= 15 is 0 Å². The Hall–Kier alpha value is -1.83. The lowest BCUT2D eigenvalue weighted by atomic mass is 9.87. The number of carbonyl (C=O) groups is 2. The highest BCUT2D eigenvalue weighted by Gasteiger charge is 2.42. The van der Waals surface area contributed by atoms with Gasteiger partial charge >= 0.3 is 0 Å². The predicted octanol–water partition coefficient (Wildman–Crippen LogP) is 3.87. The van der Waals surface area contributed by atoms with Crippen LogP contribution in [0.25, 0.3) is 0 Å². The molecule has 4 fully saturated rings. The summed E-state index contributed by atoms with van der Waals surface area (Å²) in [5, 5.41) is 0. The monoisotopic (exact) mass is 486 g/mol. The highest BCUT2D eigenvalue weighted by atomic mass is 19.1. The van der Waals surface area contributed by atoms with Crippen molar-refractivity contribution < 1.29 is 23.5 Å². The fourth-order valence-electron chi connectivity index (χ4n) is 6.64. The molecule has 7 heteroatoms. The van der Waals surface area contributed by atoms with Crippen molar-refractivity contribution in [2.75, 3.05) is 32.8 Å². The van der Waals surface area contributed by atoms with E-state index in [-0.39, 0.29) is 42.2 Å². The highest BCUT2D eigenvalue weighted by Crippen LogP contribution is 2.37. The number of rotatable bonds is 7. The SMILES string of the molecule is Cc1c(CC(=O)CC2COC3OCCC23)cc(F)cc1CN1CCN(C(=O)C2CCCC2)[C@@H](C)C1. The number of ketones is 1. The van der Waals surface area contributed by atoms with E-state index in [0.29, 0.717) is 38.0 Å². The second-order valence-corrected chi connectivity index (χ2v) is 11.2. The van der Waals surface area contributed by atoms with Gasteiger partial charge in [-0.15, -0.1) is 0 Å². The largest absolute Gasteiger partial charge is 0.352 e. The van der Waals surface area contributed by atoms with Gasteiger partial charge in [0.05, 0.1) is 13.2 Å². The molecule has 3 saturated heterocycles. The van der Waals surface area contributed by atoms with Crippen LogP contribution in [0.5, 0.6) is 0 Å². The average molecular weight is 487 g/mol. The Balaban J connectivity index is 1.19. The molecule has 1 aromatic rings. The molecule has 3 aliphatic heterocycles. The maximum atomic E-state index is 14.6. The molecular weight excluding hydrogens is 447 g/mol. The Morgan fingerprint density at radius 1 is 1.09 bits per heavy atom. The van der Waals surface area contributed by atoms with Crippen LogP contribution in [0.1, 0.15) is 62.1 Å². The summed E-state index contributed by atoms with van der Waals surface area (Å²) >= 11 is 0. The van der Waals surface area contributed by atoms with Crippen LogP contribution in [0.2, 0.25) is 0 Å². The maximum Gasteiger partial charge on any atom is 0.226 e. The molecule has 35 heavy (non-hydrogen) atoms. The molecular formula is C28H39FN2O4. The first-order valence-electron chi connectivity index (χ1n) is 13.4. The molecule has 1 aliphatic carbocycles. The van der Waals surface area contributed by atoms with Crippen molar-refractivity contribution in [1.82, 2.24) is 9.80 Å². The summed E-state index contributed by atoms with van der Waals surface area (Å²) in [7, 11) is 0. The molecule has 1 amide bonds. The molecule has 0 radical (unpaired) electrons. The first kappa shape index (κ1) is 24.8. The molecule has 4 atom stereocenters. The number of hydrogen-bond donors (Lipinski definition) is 0. The molecule has 5 rings (SSSR count). The quantitative estimate of drug-likeness (QED) is 0.586. The van der Waals surface area contributed by atoms with Crippen LogP contribution in [0, 0.1) is 30.5 Å². The van der Waals surface area contributed by atoms with Gasteiger partial charge in [-0.1, -0.05) is 12.8 Å². The minimum atomic E-state index is -0.287. The zero-order chi connectivity index (χ0) is 24.5. The van der Waals surface area contributed by atoms with E-state index in [1.165, 1.54) is 18.9 Å². The predicted molar refractivity (Wildman–Crippen MR) is 130 cm³/mol. The number of carbonyl (C=O) groups excluding carboxylic acids is 2. The van der Waals surface area contributed by atoms with E-state index in [2.05, 4.69) is 16.7 Å². The minimum Gasteiger partial charge on any atom is -0.352 e. The fourth-order valence-corrected chi connectivity index (χ4v) is 6.64. The molecule has 0 aromatic heterocycles. The normalized spacial score (nSPS) is 29.6. The molecule has 0 spiro atoms. The summed E-state index contributed by atoms with van der Waals surface area (Å²) in [5.74, 6) is 0.888. The third kappa shape index (κ3) is 5.47. The number of piperazine rings is 1. The van der Waals surface area contributed by atoms with E-state index in [4.69, 9.17) is 9.47 Å². The van der Waals surface area contributed by atoms with Crippen LogP contribution in [-0.4, -0.2) is 66.7 Å². The lowest BCUT2D eigenvalue weighted by molar-refractivity contribution is -0.140. The third-order valence-corrected chi connectivity index (χ3v) is 8.72. The van der Waals surface area contributed by atoms with Gasteiger partial charge in [-0.05, 0) is 67.9 Å². The number of ether oxygens (including phenoxy) is 2. The van der Waals surface area contributed by atoms with E-state index in [9.17, 15) is 14.0 Å². The molecule has 6 nitrogen and oxygen atoms in total. The van der Waals surface area contributed by atoms with Gasteiger partial charge in [-0.25, -0.2) is 4.39 Å². The molecule has 3 unspecified atom stereocenters. The number of hydrogen-bond acceptors (Lipinski definition) is 5. The van der Waals surface area contributed by atoms with Crippen molar-refractivity contribution >= 4 is 11.7 Å². The Morgan fingerprint density at radius 3 is 2.63 bits per heavy atom. The Morgan fingerprint density at radius 2 is 1.86 bits per heavy atom. The average Bonchev–Trinajstić information content (AvgIpc) is 3.57. The van der Waals surface area contributed by atoms with E-state index in [1.807, 2.05) is 6.92 Å². The fraction of sp³-hybridized carbons (Fsp3) is 0.714. The van der Waals surface area contributed by atoms with Crippen molar-refractivity contribution in [3.8, 4) is 0 Å². The number of fused-ring (bicyclic) bond motifs is 1. The summed E-state index contributed by atoms with van der Waals surface area (Å²) in [4.78, 5) is 30.2. The topological polar surface area (TPSA) is 59.1 Å². The van der Waals surface area contributed by atoms with Gasteiger partial charge in [0.2, 0.25) is 5.91 Å². The van der Waals surface area contributed by atoms with Gasteiger partial charge in [0.25, 0.3) is 0 Å². The minimum absolute atomic E-state index is 0.137. The maximum absolute atomic E-state index is 14.6. The van der Waals surface area contributed by atoms with Crippen LogP contribution in [0.3, 0.4) is 0 Å². The second kappa shape index (κ2) is 10.7. The van der Waals surface area contributed by atoms with E-state index < -0.39 is 0 Å². The first-order chi connectivity index (χ1) is 16.9. The third-order valence-electron chi connectivity index (χ3n) is 8.72. The Bertz CT molecular complexity index is 947. The van der Waals surface area contributed by atoms with E-state index in [0.717, 1.165) is 55.6 Å². The van der Waals surface area contributed by atoms with Gasteiger partial charge in [-0.2, -0.15) is 0 Å². The molecule has 0 bridgehead atoms. The van der Waals surface area contributed by atoms with Crippen molar-refractivity contribution in [3.63, 3.8) is 0 Å². The van der Waals surface area contributed by atoms with Gasteiger partial charge < -0.3 is 14.4 Å². The molecule has 1 aromatic carbocycles. The summed E-state index contributed by atoms with van der Waals surface area (Å²) in [6.45, 7) is 8.34. The van der Waals surface area contributed by atoms with Crippen LogP contribution in [0.15, 0.2) is 12.1 Å². The number of Topliss-reactive ketones (excluding diaryl/α,β-unsaturated/α-hetero) is 1. The number of amides is 1. The summed E-state index contributed by atoms with van der Waals surface area (Å²) in [6.07, 6.45) is 5.90. The summed E-state index contributed by atoms with van der Waals surface area (Å²) < 4.78 is 25.8. The number of benzene rings is 1. The Labute approximate surface area is 208 Å². The number of nitrogens with zero attached hydrogens (tertiary/aromatic N) is 2. The highest BCUT2D eigenvalue weighted by molar-refractivity contribution is 5.81. The zero-order valence-electron chi connectivity index (χ0n) is 21.1. The molecule has 1 saturated carbocycles. The summed E-state index contributed by atoms with van der Waals surface area (Å²) in [6, 6.07) is 3.28. The van der Waals surface area contributed by atoms with Crippen LogP contribution in [-0.2, 0) is 32.0 Å². The number of halogens is 1. The van der Waals surface area contributed by atoms with Crippen molar-refractivity contribution in [2.45, 2.75) is 77.7 Å². The van der Waals surface area contributed by atoms with E-state index in [1.54, 1.807) is 6.07 Å². The molecule has 192 valence electrons. The Kier molecular flexibility index (Phi) is 7.56. The van der Waals surface area contributed by atoms with Crippen LogP contribution < -0.4 is 0 Å². The lowest BCUT2D eigenvalue weighted by Crippen LogP contribution is -2.54. The van der Waals surface area contributed by atoms with Gasteiger partial charge in [0.15, 0.2) is 6.29 Å². The molecule has 3 heterocycles. The van der Waals surface area contributed by atoms with Gasteiger partial charge in [0.1, 0.15) is 11.6 Å². The lowest BCUT2D eigenvalue weighted by Gasteiger charge is -2.41. The molecule has 4 aliphatic rings. The standard InChI is InChI=1S/C28H39FN2O4/c1-18-15-30(8-9-31(18)27(33)20-5-3-4-6-20)16-22-12-24(29)11-21(19(22)2)13-25(32)14-23-17-35-28-26(23)7-10-34-28/h11-12,18,20,23,26,28H,3-10,13-17H2,1-2H3/t18-,23?,26?,28?/m0/s1. The molecule has 0 N–H and O–H groups in total. The van der Waals surface area contributed by atoms with Crippen LogP contribution >= 0.6 is 0 Å². The van der Waals surface area contributed by atoms with Crippen molar-refractivity contribution in [2.24, 2.45) is 17.8 Å². The van der Waals surface area contributed by atoms with Gasteiger partial charge in [0, 0.05) is 56.9 Å². The zero-order valence-corrected chi connectivity index (χ0v) is 21.1. The summed E-state index contributed by atoms with van der Waals surface area (Å²) in [5.41, 5.74) is 2.72. The van der Waals surface area contributed by atoms with Crippen LogP contribution in [0.4, 0.5) is 4.39 Å². The first-order valence-corrected chi connectivity index (χ1v) is 13.4.